The van der Waals surface area contributed by atoms with Crippen LogP contribution in [-0.4, -0.2) is 52.4 Å². The minimum Gasteiger partial charge on any atom is -0.481 e. The fraction of sp³-hybridized carbons (Fsp3) is 0.750. The SMILES string of the molecule is CCN1CCOC(c2noc(C3CC3C(=O)O)n2)C1. The normalized spacial score (nSPS) is 31.3. The molecule has 2 heterocycles. The van der Waals surface area contributed by atoms with Gasteiger partial charge in [-0.1, -0.05) is 12.1 Å². The van der Waals surface area contributed by atoms with Crippen LogP contribution < -0.4 is 0 Å². The largest absolute Gasteiger partial charge is 0.481 e. The molecule has 0 aromatic carbocycles. The van der Waals surface area contributed by atoms with Crippen molar-refractivity contribution in [2.75, 3.05) is 26.2 Å². The number of aromatic nitrogens is 2. The van der Waals surface area contributed by atoms with Crippen molar-refractivity contribution in [1.29, 1.82) is 0 Å². The Morgan fingerprint density at radius 2 is 2.42 bits per heavy atom. The lowest BCUT2D eigenvalue weighted by Gasteiger charge is -2.30. The van der Waals surface area contributed by atoms with E-state index in [1.165, 1.54) is 0 Å². The van der Waals surface area contributed by atoms with E-state index >= 15 is 0 Å². The quantitative estimate of drug-likeness (QED) is 0.856. The average molecular weight is 267 g/mol. The van der Waals surface area contributed by atoms with E-state index in [-0.39, 0.29) is 17.9 Å². The number of rotatable bonds is 4. The summed E-state index contributed by atoms with van der Waals surface area (Å²) in [5, 5.41) is 12.8. The van der Waals surface area contributed by atoms with Crippen molar-refractivity contribution in [3.63, 3.8) is 0 Å². The molecule has 1 aliphatic heterocycles. The van der Waals surface area contributed by atoms with E-state index in [1.54, 1.807) is 0 Å². The highest BCUT2D eigenvalue weighted by Gasteiger charge is 2.48. The van der Waals surface area contributed by atoms with E-state index in [4.69, 9.17) is 14.4 Å². The maximum atomic E-state index is 10.8. The van der Waals surface area contributed by atoms with Crippen molar-refractivity contribution in [1.82, 2.24) is 15.0 Å². The second-order valence-corrected chi connectivity index (χ2v) is 5.03. The minimum absolute atomic E-state index is 0.121. The monoisotopic (exact) mass is 267 g/mol. The third-order valence-corrected chi connectivity index (χ3v) is 3.77. The Kier molecular flexibility index (Phi) is 3.24. The highest BCUT2D eigenvalue weighted by Crippen LogP contribution is 2.47. The van der Waals surface area contributed by atoms with Gasteiger partial charge in [-0.15, -0.1) is 0 Å². The first kappa shape index (κ1) is 12.6. The van der Waals surface area contributed by atoms with Gasteiger partial charge in [0.15, 0.2) is 0 Å². The van der Waals surface area contributed by atoms with Gasteiger partial charge in [-0.05, 0) is 13.0 Å². The molecule has 1 N–H and O–H groups in total. The highest BCUT2D eigenvalue weighted by atomic mass is 16.5. The van der Waals surface area contributed by atoms with Crippen molar-refractivity contribution < 1.29 is 19.2 Å². The third-order valence-electron chi connectivity index (χ3n) is 3.77. The van der Waals surface area contributed by atoms with E-state index in [0.29, 0.717) is 24.7 Å². The van der Waals surface area contributed by atoms with Crippen LogP contribution in [0.25, 0.3) is 0 Å². The maximum Gasteiger partial charge on any atom is 0.307 e. The highest BCUT2D eigenvalue weighted by molar-refractivity contribution is 5.74. The Hall–Kier alpha value is -1.47. The average Bonchev–Trinajstić information content (AvgIpc) is 3.09. The Balaban J connectivity index is 1.66. The van der Waals surface area contributed by atoms with E-state index in [9.17, 15) is 4.79 Å². The van der Waals surface area contributed by atoms with Gasteiger partial charge in [-0.2, -0.15) is 4.98 Å². The first-order valence-corrected chi connectivity index (χ1v) is 6.59. The second kappa shape index (κ2) is 4.90. The molecule has 2 aliphatic rings. The van der Waals surface area contributed by atoms with Crippen LogP contribution in [0.4, 0.5) is 0 Å². The Labute approximate surface area is 110 Å². The summed E-state index contributed by atoms with van der Waals surface area (Å²) in [4.78, 5) is 17.4. The van der Waals surface area contributed by atoms with Crippen LogP contribution in [0, 0.1) is 5.92 Å². The van der Waals surface area contributed by atoms with Crippen LogP contribution in [0.1, 0.15) is 37.1 Å². The number of carboxylic acids is 1. The van der Waals surface area contributed by atoms with Gasteiger partial charge in [-0.3, -0.25) is 9.69 Å². The van der Waals surface area contributed by atoms with Gasteiger partial charge in [0.25, 0.3) is 0 Å². The number of carbonyl (C=O) groups is 1. The molecule has 0 spiro atoms. The van der Waals surface area contributed by atoms with Crippen molar-refractivity contribution in [2.45, 2.75) is 25.4 Å². The van der Waals surface area contributed by atoms with Crippen molar-refractivity contribution in [2.24, 2.45) is 5.92 Å². The van der Waals surface area contributed by atoms with Gasteiger partial charge >= 0.3 is 5.97 Å². The standard InChI is InChI=1S/C12H17N3O4/c1-2-15-3-4-18-9(6-15)10-13-11(19-14-10)7-5-8(7)12(16)17/h7-9H,2-6H2,1H3,(H,16,17). The molecule has 3 unspecified atom stereocenters. The lowest BCUT2D eigenvalue weighted by Crippen LogP contribution is -2.38. The fourth-order valence-electron chi connectivity index (χ4n) is 2.42. The Morgan fingerprint density at radius 3 is 3.11 bits per heavy atom. The second-order valence-electron chi connectivity index (χ2n) is 5.03. The van der Waals surface area contributed by atoms with Gasteiger partial charge in [-0.25, -0.2) is 0 Å². The van der Waals surface area contributed by atoms with E-state index in [2.05, 4.69) is 22.0 Å². The minimum atomic E-state index is -0.796. The zero-order chi connectivity index (χ0) is 13.4. The molecule has 3 rings (SSSR count). The van der Waals surface area contributed by atoms with Crippen molar-refractivity contribution in [3.05, 3.63) is 11.7 Å². The molecule has 1 aliphatic carbocycles. The van der Waals surface area contributed by atoms with Gasteiger partial charge in [0.1, 0.15) is 6.10 Å². The molecule has 0 radical (unpaired) electrons. The van der Waals surface area contributed by atoms with E-state index < -0.39 is 5.97 Å². The molecule has 19 heavy (non-hydrogen) atoms. The number of morpholine rings is 1. The Bertz CT molecular complexity index is 475. The summed E-state index contributed by atoms with van der Waals surface area (Å²) in [5.41, 5.74) is 0. The molecule has 104 valence electrons. The predicted octanol–water partition coefficient (Wildman–Crippen LogP) is 0.651. The zero-order valence-corrected chi connectivity index (χ0v) is 10.8. The molecule has 1 aromatic heterocycles. The summed E-state index contributed by atoms with van der Waals surface area (Å²) in [5.74, 6) is -0.322. The van der Waals surface area contributed by atoms with Crippen LogP contribution in [0.2, 0.25) is 0 Å². The zero-order valence-electron chi connectivity index (χ0n) is 10.8. The Morgan fingerprint density at radius 1 is 1.58 bits per heavy atom. The fourth-order valence-corrected chi connectivity index (χ4v) is 2.42. The lowest BCUT2D eigenvalue weighted by molar-refractivity contribution is -0.138. The number of likely N-dealkylation sites (N-methyl/N-ethyl adjacent to an activating group) is 1. The summed E-state index contributed by atoms with van der Waals surface area (Å²) in [6.45, 7) is 5.40. The number of ether oxygens (including phenoxy) is 1. The summed E-state index contributed by atoms with van der Waals surface area (Å²) in [7, 11) is 0. The number of aliphatic carboxylic acids is 1. The molecule has 1 saturated carbocycles. The third kappa shape index (κ3) is 2.48. The predicted molar refractivity (Wildman–Crippen MR) is 63.6 cm³/mol. The van der Waals surface area contributed by atoms with Gasteiger partial charge < -0.3 is 14.4 Å². The van der Waals surface area contributed by atoms with Gasteiger partial charge in [0.05, 0.1) is 18.4 Å². The molecule has 0 amide bonds. The molecule has 1 saturated heterocycles. The van der Waals surface area contributed by atoms with Crippen LogP contribution in [0.5, 0.6) is 0 Å². The first-order chi connectivity index (χ1) is 9.19. The van der Waals surface area contributed by atoms with Crippen LogP contribution in [0.3, 0.4) is 0 Å². The van der Waals surface area contributed by atoms with E-state index in [0.717, 1.165) is 19.6 Å². The van der Waals surface area contributed by atoms with Crippen LogP contribution in [-0.2, 0) is 9.53 Å². The molecular formula is C12H17N3O4. The lowest BCUT2D eigenvalue weighted by atomic mass is 10.2. The summed E-state index contributed by atoms with van der Waals surface area (Å²) >= 11 is 0. The molecule has 7 heteroatoms. The van der Waals surface area contributed by atoms with E-state index in [1.807, 2.05) is 0 Å². The number of nitrogens with zero attached hydrogens (tertiary/aromatic N) is 3. The number of hydrogen-bond donors (Lipinski definition) is 1. The summed E-state index contributed by atoms with van der Waals surface area (Å²) < 4.78 is 10.8. The summed E-state index contributed by atoms with van der Waals surface area (Å²) in [6.07, 6.45) is 0.414. The molecule has 2 fully saturated rings. The molecule has 7 nitrogen and oxygen atoms in total. The van der Waals surface area contributed by atoms with Crippen molar-refractivity contribution in [3.8, 4) is 0 Å². The number of hydrogen-bond acceptors (Lipinski definition) is 6. The molecule has 3 atom stereocenters. The smallest absolute Gasteiger partial charge is 0.307 e. The van der Waals surface area contributed by atoms with Gasteiger partial charge in [0, 0.05) is 13.1 Å². The van der Waals surface area contributed by atoms with Crippen LogP contribution >= 0.6 is 0 Å². The van der Waals surface area contributed by atoms with Gasteiger partial charge in [0.2, 0.25) is 11.7 Å². The number of carboxylic acid groups (broad SMARTS) is 1. The molecular weight excluding hydrogens is 250 g/mol. The van der Waals surface area contributed by atoms with Crippen LogP contribution in [0.15, 0.2) is 4.52 Å². The first-order valence-electron chi connectivity index (χ1n) is 6.59. The molecule has 0 bridgehead atoms. The molecule has 1 aromatic rings. The topological polar surface area (TPSA) is 88.7 Å². The summed E-state index contributed by atoms with van der Waals surface area (Å²) in [6, 6.07) is 0. The van der Waals surface area contributed by atoms with Crippen molar-refractivity contribution >= 4 is 5.97 Å². The maximum absolute atomic E-state index is 10.8.